The molecule has 0 spiro atoms. The minimum absolute atomic E-state index is 0. The first-order chi connectivity index (χ1) is 9.79. The Morgan fingerprint density at radius 1 is 1.27 bits per heavy atom. The number of benzene rings is 1. The van der Waals surface area contributed by atoms with Crippen LogP contribution in [0.2, 0.25) is 0 Å². The predicted molar refractivity (Wildman–Crippen MR) is 96.5 cm³/mol. The number of carbonyl (C=O) groups is 1. The fourth-order valence-electron chi connectivity index (χ4n) is 2.50. The molecular formula is C18H31ClN2O. The number of nitrogens with zero attached hydrogens (tertiary/aromatic N) is 1. The van der Waals surface area contributed by atoms with E-state index in [9.17, 15) is 4.79 Å². The molecule has 126 valence electrons. The number of hydrogen-bond acceptors (Lipinski definition) is 2. The van der Waals surface area contributed by atoms with Crippen LogP contribution in [0, 0.1) is 12.3 Å². The van der Waals surface area contributed by atoms with Crippen molar-refractivity contribution in [2.45, 2.75) is 46.5 Å². The van der Waals surface area contributed by atoms with Crippen molar-refractivity contribution < 1.29 is 4.79 Å². The highest BCUT2D eigenvalue weighted by atomic mass is 35.5. The van der Waals surface area contributed by atoms with Crippen LogP contribution in [0.15, 0.2) is 24.3 Å². The normalized spacial score (nSPS) is 12.5. The van der Waals surface area contributed by atoms with Gasteiger partial charge in [0.1, 0.15) is 0 Å². The fraction of sp³-hybridized carbons (Fsp3) is 0.611. The number of hydrogen-bond donors (Lipinski definition) is 1. The second kappa shape index (κ2) is 9.16. The van der Waals surface area contributed by atoms with Crippen LogP contribution in [0.4, 0.5) is 0 Å². The number of amides is 1. The van der Waals surface area contributed by atoms with E-state index in [2.05, 4.69) is 52.0 Å². The van der Waals surface area contributed by atoms with Crippen molar-refractivity contribution >= 4 is 18.3 Å². The third kappa shape index (κ3) is 6.37. The number of rotatable bonds is 7. The maximum atomic E-state index is 12.4. The average Bonchev–Trinajstić information content (AvgIpc) is 2.45. The van der Waals surface area contributed by atoms with Crippen LogP contribution in [0.25, 0.3) is 0 Å². The Morgan fingerprint density at radius 2 is 1.82 bits per heavy atom. The highest BCUT2D eigenvalue weighted by molar-refractivity contribution is 5.85. The molecule has 2 N–H and O–H groups in total. The molecule has 1 rings (SSSR count). The van der Waals surface area contributed by atoms with Crippen molar-refractivity contribution in [2.24, 2.45) is 11.1 Å². The quantitative estimate of drug-likeness (QED) is 0.829. The van der Waals surface area contributed by atoms with E-state index in [1.54, 1.807) is 0 Å². The molecule has 1 unspecified atom stereocenters. The highest BCUT2D eigenvalue weighted by Crippen LogP contribution is 2.25. The van der Waals surface area contributed by atoms with Crippen molar-refractivity contribution in [3.8, 4) is 0 Å². The third-order valence-corrected chi connectivity index (χ3v) is 4.11. The van der Waals surface area contributed by atoms with Gasteiger partial charge in [-0.25, -0.2) is 0 Å². The summed E-state index contributed by atoms with van der Waals surface area (Å²) in [5.74, 6) is 0.491. The van der Waals surface area contributed by atoms with E-state index in [-0.39, 0.29) is 23.7 Å². The summed E-state index contributed by atoms with van der Waals surface area (Å²) >= 11 is 0. The molecule has 0 radical (unpaired) electrons. The highest BCUT2D eigenvalue weighted by Gasteiger charge is 2.23. The molecule has 0 aliphatic rings. The fourth-order valence-corrected chi connectivity index (χ4v) is 2.50. The van der Waals surface area contributed by atoms with Crippen molar-refractivity contribution in [1.82, 2.24) is 4.90 Å². The lowest BCUT2D eigenvalue weighted by Gasteiger charge is -2.30. The number of carbonyl (C=O) groups excluding carboxylic acids is 1. The van der Waals surface area contributed by atoms with Crippen molar-refractivity contribution in [3.05, 3.63) is 35.4 Å². The van der Waals surface area contributed by atoms with Crippen LogP contribution >= 0.6 is 12.4 Å². The Bertz CT molecular complexity index is 457. The van der Waals surface area contributed by atoms with Crippen LogP contribution in [0.1, 0.15) is 50.7 Å². The summed E-state index contributed by atoms with van der Waals surface area (Å²) in [6, 6.07) is 8.51. The van der Waals surface area contributed by atoms with Gasteiger partial charge in [-0.05, 0) is 36.8 Å². The Morgan fingerprint density at radius 3 is 2.27 bits per heavy atom. The van der Waals surface area contributed by atoms with Crippen LogP contribution in [0.5, 0.6) is 0 Å². The monoisotopic (exact) mass is 326 g/mol. The van der Waals surface area contributed by atoms with Crippen molar-refractivity contribution in [3.63, 3.8) is 0 Å². The molecule has 4 heteroatoms. The van der Waals surface area contributed by atoms with Gasteiger partial charge in [0.15, 0.2) is 0 Å². The molecule has 0 aliphatic heterocycles. The van der Waals surface area contributed by atoms with Crippen LogP contribution in [-0.4, -0.2) is 30.9 Å². The summed E-state index contributed by atoms with van der Waals surface area (Å²) in [6.45, 7) is 9.69. The van der Waals surface area contributed by atoms with Crippen molar-refractivity contribution in [2.75, 3.05) is 20.1 Å². The lowest BCUT2D eigenvalue weighted by molar-refractivity contribution is -0.131. The van der Waals surface area contributed by atoms with Gasteiger partial charge in [0, 0.05) is 20.0 Å². The van der Waals surface area contributed by atoms with Gasteiger partial charge in [-0.1, -0.05) is 50.6 Å². The summed E-state index contributed by atoms with van der Waals surface area (Å²) in [5, 5.41) is 0. The lowest BCUT2D eigenvalue weighted by atomic mass is 9.90. The zero-order valence-electron chi connectivity index (χ0n) is 14.6. The van der Waals surface area contributed by atoms with E-state index in [1.165, 1.54) is 11.1 Å². The second-order valence-electron chi connectivity index (χ2n) is 6.84. The molecule has 1 atom stereocenters. The first-order valence-corrected chi connectivity index (χ1v) is 7.79. The van der Waals surface area contributed by atoms with Gasteiger partial charge in [0.05, 0.1) is 0 Å². The van der Waals surface area contributed by atoms with Gasteiger partial charge >= 0.3 is 0 Å². The molecule has 22 heavy (non-hydrogen) atoms. The summed E-state index contributed by atoms with van der Waals surface area (Å²) < 4.78 is 0. The second-order valence-corrected chi connectivity index (χ2v) is 6.84. The summed E-state index contributed by atoms with van der Waals surface area (Å²) in [5.41, 5.74) is 8.22. The van der Waals surface area contributed by atoms with Gasteiger partial charge < -0.3 is 10.6 Å². The lowest BCUT2D eigenvalue weighted by Crippen LogP contribution is -2.40. The molecule has 1 aromatic carbocycles. The van der Waals surface area contributed by atoms with Crippen molar-refractivity contribution in [1.29, 1.82) is 0 Å². The predicted octanol–water partition coefficient (Wildman–Crippen LogP) is 3.74. The van der Waals surface area contributed by atoms with Crippen LogP contribution in [0.3, 0.4) is 0 Å². The molecule has 1 amide bonds. The molecule has 0 saturated heterocycles. The molecule has 0 saturated carbocycles. The third-order valence-electron chi connectivity index (χ3n) is 4.11. The molecule has 1 aromatic rings. The minimum atomic E-state index is -0.0318. The van der Waals surface area contributed by atoms with E-state index >= 15 is 0 Å². The molecule has 0 aliphatic carbocycles. The largest absolute Gasteiger partial charge is 0.345 e. The molecule has 0 heterocycles. The van der Waals surface area contributed by atoms with Gasteiger partial charge in [-0.2, -0.15) is 0 Å². The van der Waals surface area contributed by atoms with Gasteiger partial charge in [-0.15, -0.1) is 12.4 Å². The van der Waals surface area contributed by atoms with E-state index < -0.39 is 0 Å². The molecular weight excluding hydrogens is 296 g/mol. The first-order valence-electron chi connectivity index (χ1n) is 7.79. The summed E-state index contributed by atoms with van der Waals surface area (Å²) in [7, 11) is 1.88. The van der Waals surface area contributed by atoms with Crippen LogP contribution < -0.4 is 5.73 Å². The molecule has 0 bridgehead atoms. The maximum Gasteiger partial charge on any atom is 0.222 e. The SMILES string of the molecule is CCC(CC(=O)N(C)CC(C)(C)CN)c1ccc(C)cc1.Cl. The maximum absolute atomic E-state index is 12.4. The molecule has 0 fully saturated rings. The Kier molecular flexibility index (Phi) is 8.72. The summed E-state index contributed by atoms with van der Waals surface area (Å²) in [6.07, 6.45) is 1.54. The Hall–Kier alpha value is -1.06. The topological polar surface area (TPSA) is 46.3 Å². The molecule has 3 nitrogen and oxygen atoms in total. The van der Waals surface area contributed by atoms with E-state index in [1.807, 2.05) is 11.9 Å². The van der Waals surface area contributed by atoms with Gasteiger partial charge in [0.25, 0.3) is 0 Å². The van der Waals surface area contributed by atoms with E-state index in [4.69, 9.17) is 5.73 Å². The van der Waals surface area contributed by atoms with Gasteiger partial charge in [-0.3, -0.25) is 4.79 Å². The zero-order valence-corrected chi connectivity index (χ0v) is 15.4. The van der Waals surface area contributed by atoms with E-state index in [0.717, 1.165) is 6.42 Å². The molecule has 0 aromatic heterocycles. The Balaban J connectivity index is 0.00000441. The number of nitrogens with two attached hydrogens (primary N) is 1. The number of aryl methyl sites for hydroxylation is 1. The summed E-state index contributed by atoms with van der Waals surface area (Å²) in [4.78, 5) is 14.3. The standard InChI is InChI=1S/C18H30N2O.ClH/c1-6-15(16-9-7-14(2)8-10-16)11-17(21)20(5)13-18(3,4)12-19;/h7-10,15H,6,11-13,19H2,1-5H3;1H. The number of halogens is 1. The smallest absolute Gasteiger partial charge is 0.222 e. The van der Waals surface area contributed by atoms with Crippen LogP contribution in [-0.2, 0) is 4.79 Å². The zero-order chi connectivity index (χ0) is 16.0. The minimum Gasteiger partial charge on any atom is -0.345 e. The van der Waals surface area contributed by atoms with E-state index in [0.29, 0.717) is 25.4 Å². The Labute approximate surface area is 141 Å². The average molecular weight is 327 g/mol. The first kappa shape index (κ1) is 20.9. The van der Waals surface area contributed by atoms with Gasteiger partial charge in [0.2, 0.25) is 5.91 Å².